The van der Waals surface area contributed by atoms with Crippen LogP contribution in [0.4, 0.5) is 5.69 Å². The number of ether oxygens (including phenoxy) is 1. The van der Waals surface area contributed by atoms with Crippen LogP contribution in [0.1, 0.15) is 5.56 Å². The number of hydrogen-bond donors (Lipinski definition) is 0. The average molecular weight is 402 g/mol. The molecule has 0 amide bonds. The summed E-state index contributed by atoms with van der Waals surface area (Å²) in [5.74, 6) is 0.858. The van der Waals surface area contributed by atoms with Crippen molar-refractivity contribution in [2.45, 2.75) is 0 Å². The standard InChI is InChI=1S/C18H15IN2O/c1-22-18-7-5-17(6-8-18)21-10-9-14(13-21)12-20-16-4-2-3-15(19)11-16/h2-13H,1H3. The van der Waals surface area contributed by atoms with Gasteiger partial charge in [-0.2, -0.15) is 0 Å². The summed E-state index contributed by atoms with van der Waals surface area (Å²) in [6, 6.07) is 18.1. The van der Waals surface area contributed by atoms with E-state index in [-0.39, 0.29) is 0 Å². The summed E-state index contributed by atoms with van der Waals surface area (Å²) in [5, 5.41) is 0. The minimum Gasteiger partial charge on any atom is -0.497 e. The van der Waals surface area contributed by atoms with Crippen molar-refractivity contribution in [3.05, 3.63) is 76.1 Å². The zero-order chi connectivity index (χ0) is 15.4. The van der Waals surface area contributed by atoms with E-state index in [4.69, 9.17) is 4.74 Å². The van der Waals surface area contributed by atoms with E-state index in [0.717, 1.165) is 22.7 Å². The van der Waals surface area contributed by atoms with Crippen LogP contribution in [0.25, 0.3) is 5.69 Å². The van der Waals surface area contributed by atoms with Crippen LogP contribution >= 0.6 is 22.6 Å². The Morgan fingerprint density at radius 2 is 1.91 bits per heavy atom. The van der Waals surface area contributed by atoms with Crippen molar-refractivity contribution >= 4 is 34.5 Å². The summed E-state index contributed by atoms with van der Waals surface area (Å²) in [6.45, 7) is 0. The highest BCUT2D eigenvalue weighted by Crippen LogP contribution is 2.17. The molecule has 0 spiro atoms. The van der Waals surface area contributed by atoms with E-state index in [9.17, 15) is 0 Å². The van der Waals surface area contributed by atoms with Crippen LogP contribution in [0.5, 0.6) is 5.75 Å². The SMILES string of the molecule is COc1ccc(-n2ccc(C=Nc3cccc(I)c3)c2)cc1. The molecular formula is C18H15IN2O. The fourth-order valence-corrected chi connectivity index (χ4v) is 2.64. The molecule has 0 aliphatic carbocycles. The Morgan fingerprint density at radius 1 is 1.09 bits per heavy atom. The van der Waals surface area contributed by atoms with Gasteiger partial charge in [0.1, 0.15) is 5.75 Å². The van der Waals surface area contributed by atoms with Gasteiger partial charge >= 0.3 is 0 Å². The molecule has 0 aliphatic rings. The Hall–Kier alpha value is -2.08. The fraction of sp³-hybridized carbons (Fsp3) is 0.0556. The quantitative estimate of drug-likeness (QED) is 0.453. The van der Waals surface area contributed by atoms with Crippen molar-refractivity contribution in [1.82, 2.24) is 4.57 Å². The predicted molar refractivity (Wildman–Crippen MR) is 98.7 cm³/mol. The lowest BCUT2D eigenvalue weighted by Gasteiger charge is -2.04. The number of nitrogens with zero attached hydrogens (tertiary/aromatic N) is 2. The van der Waals surface area contributed by atoms with Gasteiger partial charge in [0, 0.05) is 33.4 Å². The number of rotatable bonds is 4. The molecular weight excluding hydrogens is 387 g/mol. The molecule has 0 saturated carbocycles. The third-order valence-electron chi connectivity index (χ3n) is 3.26. The minimum absolute atomic E-state index is 0.858. The highest BCUT2D eigenvalue weighted by molar-refractivity contribution is 14.1. The second-order valence-electron chi connectivity index (χ2n) is 4.79. The summed E-state index contributed by atoms with van der Waals surface area (Å²) in [5.41, 5.74) is 3.12. The van der Waals surface area contributed by atoms with Crippen LogP contribution in [-0.2, 0) is 0 Å². The first-order valence-electron chi connectivity index (χ1n) is 6.87. The van der Waals surface area contributed by atoms with E-state index in [1.54, 1.807) is 7.11 Å². The van der Waals surface area contributed by atoms with Gasteiger partial charge in [-0.1, -0.05) is 6.07 Å². The molecule has 4 heteroatoms. The average Bonchev–Trinajstić information content (AvgIpc) is 3.02. The number of hydrogen-bond acceptors (Lipinski definition) is 2. The lowest BCUT2D eigenvalue weighted by molar-refractivity contribution is 0.415. The Morgan fingerprint density at radius 3 is 2.64 bits per heavy atom. The molecule has 1 aromatic heterocycles. The Balaban J connectivity index is 1.78. The van der Waals surface area contributed by atoms with Gasteiger partial charge in [-0.25, -0.2) is 0 Å². The second kappa shape index (κ2) is 6.79. The first-order chi connectivity index (χ1) is 10.7. The van der Waals surface area contributed by atoms with Crippen LogP contribution in [0.15, 0.2) is 72.0 Å². The third kappa shape index (κ3) is 3.57. The number of aromatic nitrogens is 1. The summed E-state index contributed by atoms with van der Waals surface area (Å²) in [4.78, 5) is 4.51. The molecule has 0 radical (unpaired) electrons. The Labute approximate surface area is 143 Å². The number of methoxy groups -OCH3 is 1. The van der Waals surface area contributed by atoms with Crippen molar-refractivity contribution < 1.29 is 4.74 Å². The van der Waals surface area contributed by atoms with E-state index < -0.39 is 0 Å². The van der Waals surface area contributed by atoms with Crippen LogP contribution in [0.2, 0.25) is 0 Å². The lowest BCUT2D eigenvalue weighted by atomic mass is 10.3. The van der Waals surface area contributed by atoms with Crippen molar-refractivity contribution in [3.8, 4) is 11.4 Å². The van der Waals surface area contributed by atoms with Crippen molar-refractivity contribution in [2.24, 2.45) is 4.99 Å². The molecule has 110 valence electrons. The highest BCUT2D eigenvalue weighted by atomic mass is 127. The normalized spacial score (nSPS) is 11.0. The Bertz CT molecular complexity index is 791. The molecule has 0 atom stereocenters. The van der Waals surface area contributed by atoms with E-state index in [0.29, 0.717) is 0 Å². The zero-order valence-corrected chi connectivity index (χ0v) is 14.3. The van der Waals surface area contributed by atoms with Crippen LogP contribution < -0.4 is 4.74 Å². The molecule has 0 saturated heterocycles. The first kappa shape index (κ1) is 14.8. The van der Waals surface area contributed by atoms with Gasteiger partial charge in [0.25, 0.3) is 0 Å². The maximum atomic E-state index is 5.18. The monoisotopic (exact) mass is 402 g/mol. The summed E-state index contributed by atoms with van der Waals surface area (Å²) < 4.78 is 8.42. The topological polar surface area (TPSA) is 26.5 Å². The minimum atomic E-state index is 0.858. The number of benzene rings is 2. The van der Waals surface area contributed by atoms with Crippen molar-refractivity contribution in [1.29, 1.82) is 0 Å². The molecule has 3 nitrogen and oxygen atoms in total. The lowest BCUT2D eigenvalue weighted by Crippen LogP contribution is -1.90. The van der Waals surface area contributed by atoms with Gasteiger partial charge in [-0.3, -0.25) is 4.99 Å². The Kier molecular flexibility index (Phi) is 4.58. The molecule has 0 unspecified atom stereocenters. The number of halogens is 1. The van der Waals surface area contributed by atoms with Crippen molar-refractivity contribution in [3.63, 3.8) is 0 Å². The van der Waals surface area contributed by atoms with Gasteiger partial charge in [-0.15, -0.1) is 0 Å². The molecule has 0 fully saturated rings. The smallest absolute Gasteiger partial charge is 0.119 e. The van der Waals surface area contributed by atoms with Gasteiger partial charge in [-0.05, 0) is 71.1 Å². The predicted octanol–water partition coefficient (Wildman–Crippen LogP) is 4.84. The maximum absolute atomic E-state index is 5.18. The number of aliphatic imine (C=N–C) groups is 1. The van der Waals surface area contributed by atoms with Crippen LogP contribution in [0.3, 0.4) is 0 Å². The van der Waals surface area contributed by atoms with E-state index in [2.05, 4.69) is 50.5 Å². The molecule has 0 bridgehead atoms. The fourth-order valence-electron chi connectivity index (χ4n) is 2.11. The van der Waals surface area contributed by atoms with E-state index >= 15 is 0 Å². The van der Waals surface area contributed by atoms with Crippen molar-refractivity contribution in [2.75, 3.05) is 7.11 Å². The van der Waals surface area contributed by atoms with Crippen LogP contribution in [0, 0.1) is 3.57 Å². The molecule has 0 N–H and O–H groups in total. The van der Waals surface area contributed by atoms with Gasteiger partial charge in [0.2, 0.25) is 0 Å². The third-order valence-corrected chi connectivity index (χ3v) is 3.93. The maximum Gasteiger partial charge on any atom is 0.119 e. The largest absolute Gasteiger partial charge is 0.497 e. The summed E-state index contributed by atoms with van der Waals surface area (Å²) in [6.07, 6.45) is 5.96. The molecule has 22 heavy (non-hydrogen) atoms. The highest BCUT2D eigenvalue weighted by Gasteiger charge is 1.99. The second-order valence-corrected chi connectivity index (χ2v) is 6.03. The zero-order valence-electron chi connectivity index (χ0n) is 12.1. The summed E-state index contributed by atoms with van der Waals surface area (Å²) in [7, 11) is 1.67. The van der Waals surface area contributed by atoms with E-state index in [1.165, 1.54) is 3.57 Å². The van der Waals surface area contributed by atoms with Crippen LogP contribution in [-0.4, -0.2) is 17.9 Å². The first-order valence-corrected chi connectivity index (χ1v) is 7.94. The molecule has 3 aromatic rings. The summed E-state index contributed by atoms with van der Waals surface area (Å²) >= 11 is 2.29. The molecule has 3 rings (SSSR count). The molecule has 0 aliphatic heterocycles. The molecule has 1 heterocycles. The van der Waals surface area contributed by atoms with E-state index in [1.807, 2.05) is 54.9 Å². The van der Waals surface area contributed by atoms with Gasteiger partial charge < -0.3 is 9.30 Å². The van der Waals surface area contributed by atoms with Gasteiger partial charge in [0.15, 0.2) is 0 Å². The van der Waals surface area contributed by atoms with Gasteiger partial charge in [0.05, 0.1) is 12.8 Å². The molecule has 2 aromatic carbocycles.